The van der Waals surface area contributed by atoms with Gasteiger partial charge in [-0.05, 0) is 68.0 Å². The minimum absolute atomic E-state index is 0.113. The van der Waals surface area contributed by atoms with E-state index in [9.17, 15) is 14.9 Å². The summed E-state index contributed by atoms with van der Waals surface area (Å²) in [7, 11) is 0. The molecule has 32 heavy (non-hydrogen) atoms. The maximum atomic E-state index is 13.0. The molecule has 2 amide bonds. The van der Waals surface area contributed by atoms with Crippen molar-refractivity contribution in [2.24, 2.45) is 0 Å². The predicted octanol–water partition coefficient (Wildman–Crippen LogP) is 5.85. The van der Waals surface area contributed by atoms with Crippen LogP contribution >= 0.6 is 23.1 Å². The number of carbonyl (C=O) groups excluding carboxylic acids is 2. The zero-order chi connectivity index (χ0) is 22.5. The van der Waals surface area contributed by atoms with E-state index in [2.05, 4.69) is 16.7 Å². The van der Waals surface area contributed by atoms with Gasteiger partial charge in [-0.2, -0.15) is 5.26 Å². The average Bonchev–Trinajstić information content (AvgIpc) is 3.45. The van der Waals surface area contributed by atoms with Gasteiger partial charge in [0.1, 0.15) is 11.1 Å². The lowest BCUT2D eigenvalue weighted by atomic mass is 9.96. The molecule has 1 aromatic carbocycles. The molecule has 1 atom stereocenters. The number of nitrogens with zero attached hydrogens (tertiary/aromatic N) is 1. The summed E-state index contributed by atoms with van der Waals surface area (Å²) in [5.74, 6) is -0.203. The van der Waals surface area contributed by atoms with Crippen molar-refractivity contribution in [3.8, 4) is 6.07 Å². The fraction of sp³-hybridized carbons (Fsp3) is 0.292. The molecule has 0 saturated carbocycles. The number of aryl methyl sites for hydroxylation is 1. The zero-order valence-electron chi connectivity index (χ0n) is 17.6. The van der Waals surface area contributed by atoms with Crippen LogP contribution in [0.15, 0.2) is 52.0 Å². The number of nitriles is 1. The first-order valence-corrected chi connectivity index (χ1v) is 12.3. The number of thioether (sulfide) groups is 1. The molecule has 0 fully saturated rings. The Bertz CT molecular complexity index is 1160. The smallest absolute Gasteiger partial charge is 0.291 e. The number of furan rings is 1. The second kappa shape index (κ2) is 10.1. The fourth-order valence-corrected chi connectivity index (χ4v) is 5.95. The van der Waals surface area contributed by atoms with E-state index in [-0.39, 0.29) is 22.8 Å². The quantitative estimate of drug-likeness (QED) is 0.427. The molecular formula is C24H23N3O3S2. The number of benzene rings is 1. The third-order valence-electron chi connectivity index (χ3n) is 5.30. The molecule has 2 heterocycles. The highest BCUT2D eigenvalue weighted by Crippen LogP contribution is 2.38. The van der Waals surface area contributed by atoms with Crippen LogP contribution in [0.3, 0.4) is 0 Å². The van der Waals surface area contributed by atoms with Crippen molar-refractivity contribution < 1.29 is 14.0 Å². The van der Waals surface area contributed by atoms with Crippen LogP contribution in [-0.4, -0.2) is 17.1 Å². The lowest BCUT2D eigenvalue weighted by molar-refractivity contribution is -0.115. The topological polar surface area (TPSA) is 95.1 Å². The summed E-state index contributed by atoms with van der Waals surface area (Å²) in [6.07, 6.45) is 6.19. The van der Waals surface area contributed by atoms with E-state index in [1.807, 2.05) is 25.1 Å². The first-order valence-electron chi connectivity index (χ1n) is 10.6. The highest BCUT2D eigenvalue weighted by Gasteiger charge is 2.25. The maximum absolute atomic E-state index is 13.0. The largest absolute Gasteiger partial charge is 0.459 e. The Morgan fingerprint density at radius 1 is 1.22 bits per heavy atom. The molecule has 1 unspecified atom stereocenters. The molecule has 0 bridgehead atoms. The Balaban J connectivity index is 1.44. The van der Waals surface area contributed by atoms with E-state index in [4.69, 9.17) is 4.42 Å². The zero-order valence-corrected chi connectivity index (χ0v) is 19.3. The Morgan fingerprint density at radius 2 is 2.06 bits per heavy atom. The van der Waals surface area contributed by atoms with Gasteiger partial charge in [-0.1, -0.05) is 13.0 Å². The third kappa shape index (κ3) is 4.90. The molecular weight excluding hydrogens is 442 g/mol. The summed E-state index contributed by atoms with van der Waals surface area (Å²) in [4.78, 5) is 27.3. The predicted molar refractivity (Wildman–Crippen MR) is 127 cm³/mol. The van der Waals surface area contributed by atoms with Crippen molar-refractivity contribution in [3.63, 3.8) is 0 Å². The molecule has 1 aliphatic carbocycles. The monoisotopic (exact) mass is 465 g/mol. The molecule has 0 aliphatic heterocycles. The second-order valence-corrected chi connectivity index (χ2v) is 9.87. The molecule has 164 valence electrons. The van der Waals surface area contributed by atoms with Crippen molar-refractivity contribution in [2.45, 2.75) is 49.2 Å². The number of fused-ring (bicyclic) bond motifs is 1. The number of carbonyl (C=O) groups is 2. The van der Waals surface area contributed by atoms with Gasteiger partial charge in [0.05, 0.1) is 17.1 Å². The van der Waals surface area contributed by atoms with E-state index >= 15 is 0 Å². The number of thiophene rings is 1. The Kier molecular flexibility index (Phi) is 6.98. The summed E-state index contributed by atoms with van der Waals surface area (Å²) >= 11 is 2.97. The van der Waals surface area contributed by atoms with Crippen molar-refractivity contribution >= 4 is 45.6 Å². The molecule has 2 N–H and O–H groups in total. The van der Waals surface area contributed by atoms with Crippen LogP contribution in [0.4, 0.5) is 10.7 Å². The Labute approximate surface area is 195 Å². The highest BCUT2D eigenvalue weighted by atomic mass is 32.2. The molecule has 2 aromatic heterocycles. The van der Waals surface area contributed by atoms with Crippen LogP contribution in [-0.2, 0) is 17.6 Å². The van der Waals surface area contributed by atoms with Crippen LogP contribution < -0.4 is 10.6 Å². The normalized spacial score (nSPS) is 13.6. The highest BCUT2D eigenvalue weighted by molar-refractivity contribution is 8.00. The number of hydrogen-bond donors (Lipinski definition) is 2. The molecule has 0 radical (unpaired) electrons. The number of rotatable bonds is 7. The Morgan fingerprint density at radius 3 is 2.81 bits per heavy atom. The molecule has 0 saturated heterocycles. The number of amides is 2. The van der Waals surface area contributed by atoms with Gasteiger partial charge in [0.15, 0.2) is 5.76 Å². The third-order valence-corrected chi connectivity index (χ3v) is 7.86. The summed E-state index contributed by atoms with van der Waals surface area (Å²) in [6.45, 7) is 1.96. The number of hydrogen-bond acceptors (Lipinski definition) is 6. The SMILES string of the molecule is CCC(Sc1cccc(NC(=O)c2ccco2)c1)C(=O)Nc1sc2c(c1C#N)CCCC2. The van der Waals surface area contributed by atoms with Crippen LogP contribution in [0.1, 0.15) is 52.7 Å². The van der Waals surface area contributed by atoms with Gasteiger partial charge in [-0.3, -0.25) is 9.59 Å². The van der Waals surface area contributed by atoms with E-state index in [1.54, 1.807) is 18.2 Å². The van der Waals surface area contributed by atoms with E-state index in [0.29, 0.717) is 22.7 Å². The summed E-state index contributed by atoms with van der Waals surface area (Å²) < 4.78 is 5.12. The molecule has 4 rings (SSSR count). The van der Waals surface area contributed by atoms with E-state index in [1.165, 1.54) is 34.2 Å². The Hall–Kier alpha value is -3.02. The second-order valence-electron chi connectivity index (χ2n) is 7.49. The summed E-state index contributed by atoms with van der Waals surface area (Å²) in [5.41, 5.74) is 2.37. The molecule has 6 nitrogen and oxygen atoms in total. The molecule has 3 aromatic rings. The minimum atomic E-state index is -0.326. The summed E-state index contributed by atoms with van der Waals surface area (Å²) in [6, 6.07) is 12.9. The van der Waals surface area contributed by atoms with Gasteiger partial charge in [0.2, 0.25) is 5.91 Å². The maximum Gasteiger partial charge on any atom is 0.291 e. The lowest BCUT2D eigenvalue weighted by Gasteiger charge is -2.15. The van der Waals surface area contributed by atoms with E-state index in [0.717, 1.165) is 36.1 Å². The molecule has 0 spiro atoms. The van der Waals surface area contributed by atoms with Gasteiger partial charge in [-0.25, -0.2) is 0 Å². The van der Waals surface area contributed by atoms with Crippen molar-refractivity contribution in [3.05, 3.63) is 64.4 Å². The van der Waals surface area contributed by atoms with Crippen molar-refractivity contribution in [1.82, 2.24) is 0 Å². The van der Waals surface area contributed by atoms with Crippen LogP contribution in [0.25, 0.3) is 0 Å². The first-order chi connectivity index (χ1) is 15.6. The van der Waals surface area contributed by atoms with Gasteiger partial charge in [-0.15, -0.1) is 23.1 Å². The average molecular weight is 466 g/mol. The van der Waals surface area contributed by atoms with Gasteiger partial charge in [0, 0.05) is 15.5 Å². The van der Waals surface area contributed by atoms with E-state index < -0.39 is 0 Å². The fourth-order valence-electron chi connectivity index (χ4n) is 3.70. The molecule has 8 heteroatoms. The summed E-state index contributed by atoms with van der Waals surface area (Å²) in [5, 5.41) is 15.8. The van der Waals surface area contributed by atoms with Crippen molar-refractivity contribution in [2.75, 3.05) is 10.6 Å². The van der Waals surface area contributed by atoms with Crippen molar-refractivity contribution in [1.29, 1.82) is 5.26 Å². The van der Waals surface area contributed by atoms with Crippen LogP contribution in [0.2, 0.25) is 0 Å². The van der Waals surface area contributed by atoms with Crippen LogP contribution in [0.5, 0.6) is 0 Å². The van der Waals surface area contributed by atoms with Crippen LogP contribution in [0, 0.1) is 11.3 Å². The number of nitrogens with one attached hydrogen (secondary N) is 2. The number of anilines is 2. The van der Waals surface area contributed by atoms with Gasteiger partial charge < -0.3 is 15.1 Å². The van der Waals surface area contributed by atoms with Gasteiger partial charge in [0.25, 0.3) is 5.91 Å². The lowest BCUT2D eigenvalue weighted by Crippen LogP contribution is -2.24. The van der Waals surface area contributed by atoms with Gasteiger partial charge >= 0.3 is 0 Å². The molecule has 1 aliphatic rings. The standard InChI is InChI=1S/C24H23N3O3S2/c1-2-20(23(29)27-24-18(14-25)17-9-3-4-11-21(17)32-24)31-16-8-5-7-15(13-16)26-22(28)19-10-6-12-30-19/h5-8,10,12-13,20H,2-4,9,11H2,1H3,(H,26,28)(H,27,29). The first kappa shape index (κ1) is 22.2. The minimum Gasteiger partial charge on any atom is -0.459 e.